The molecule has 2 heterocycles. The Balaban J connectivity index is 1.57. The van der Waals surface area contributed by atoms with Crippen LogP contribution < -0.4 is 10.2 Å². The van der Waals surface area contributed by atoms with Gasteiger partial charge in [0.2, 0.25) is 0 Å². The number of carbonyl (C=O) groups is 1. The van der Waals surface area contributed by atoms with E-state index in [0.717, 1.165) is 24.7 Å². The minimum absolute atomic E-state index is 0.135. The largest absolute Gasteiger partial charge is 0.360 e. The van der Waals surface area contributed by atoms with Gasteiger partial charge in [0.1, 0.15) is 5.76 Å². The molecule has 3 rings (SSSR count). The molecular weight excluding hydrogens is 304 g/mol. The number of carbonyl (C=O) groups excluding carboxylic acids is 1. The fourth-order valence-electron chi connectivity index (χ4n) is 2.40. The van der Waals surface area contributed by atoms with E-state index in [-0.39, 0.29) is 6.03 Å². The molecule has 0 bridgehead atoms. The number of benzene rings is 1. The molecule has 2 amide bonds. The third kappa shape index (κ3) is 3.17. The molecule has 0 saturated carbocycles. The molecule has 0 spiro atoms. The highest BCUT2D eigenvalue weighted by Gasteiger charge is 2.23. The highest BCUT2D eigenvalue weighted by molar-refractivity contribution is 6.33. The molecule has 6 nitrogen and oxygen atoms in total. The summed E-state index contributed by atoms with van der Waals surface area (Å²) in [5.74, 6) is 1.61. The maximum absolute atomic E-state index is 12.3. The van der Waals surface area contributed by atoms with Crippen molar-refractivity contribution in [2.24, 2.45) is 0 Å². The van der Waals surface area contributed by atoms with Gasteiger partial charge in [0.25, 0.3) is 0 Å². The Kier molecular flexibility index (Phi) is 4.20. The van der Waals surface area contributed by atoms with E-state index in [2.05, 4.69) is 15.4 Å². The standard InChI is InChI=1S/C15H17ClN4O2/c1-11-10-14(18-22-11)19-6-8-20(9-7-19)15(21)17-13-5-3-2-4-12(13)16/h2-5,10H,6-9H2,1H3,(H,17,21). The number of nitrogens with zero attached hydrogens (tertiary/aromatic N) is 3. The first kappa shape index (κ1) is 14.7. The van der Waals surface area contributed by atoms with Crippen molar-refractivity contribution in [3.05, 3.63) is 41.1 Å². The summed E-state index contributed by atoms with van der Waals surface area (Å²) in [5.41, 5.74) is 0.628. The number of piperazine rings is 1. The molecule has 2 aromatic rings. The van der Waals surface area contributed by atoms with E-state index in [1.807, 2.05) is 25.1 Å². The number of amides is 2. The zero-order valence-electron chi connectivity index (χ0n) is 12.3. The predicted molar refractivity (Wildman–Crippen MR) is 85.5 cm³/mol. The Labute approximate surface area is 133 Å². The van der Waals surface area contributed by atoms with Crippen molar-refractivity contribution in [3.63, 3.8) is 0 Å². The van der Waals surface area contributed by atoms with Crippen LogP contribution in [0.25, 0.3) is 0 Å². The number of aryl methyl sites for hydroxylation is 1. The average Bonchev–Trinajstić information content (AvgIpc) is 2.96. The Morgan fingerprint density at radius 3 is 2.64 bits per heavy atom. The van der Waals surface area contributed by atoms with E-state index in [4.69, 9.17) is 16.1 Å². The fourth-order valence-corrected chi connectivity index (χ4v) is 2.58. The molecule has 1 aliphatic rings. The van der Waals surface area contributed by atoms with E-state index < -0.39 is 0 Å². The van der Waals surface area contributed by atoms with Gasteiger partial charge in [0.15, 0.2) is 5.82 Å². The van der Waals surface area contributed by atoms with E-state index >= 15 is 0 Å². The summed E-state index contributed by atoms with van der Waals surface area (Å²) in [6.45, 7) is 4.57. The molecule has 1 aromatic heterocycles. The van der Waals surface area contributed by atoms with E-state index in [9.17, 15) is 4.79 Å². The Morgan fingerprint density at radius 1 is 1.27 bits per heavy atom. The zero-order valence-corrected chi connectivity index (χ0v) is 13.0. The lowest BCUT2D eigenvalue weighted by atomic mass is 10.3. The van der Waals surface area contributed by atoms with Crippen molar-refractivity contribution < 1.29 is 9.32 Å². The van der Waals surface area contributed by atoms with Crippen molar-refractivity contribution in [3.8, 4) is 0 Å². The van der Waals surface area contributed by atoms with Gasteiger partial charge in [-0.3, -0.25) is 0 Å². The molecule has 116 valence electrons. The SMILES string of the molecule is Cc1cc(N2CCN(C(=O)Nc3ccccc3Cl)CC2)no1. The van der Waals surface area contributed by atoms with Gasteiger partial charge in [0.05, 0.1) is 10.7 Å². The third-order valence-corrected chi connectivity index (χ3v) is 3.95. The zero-order chi connectivity index (χ0) is 15.5. The molecule has 0 aliphatic carbocycles. The van der Waals surface area contributed by atoms with Gasteiger partial charge in [-0.1, -0.05) is 28.9 Å². The highest BCUT2D eigenvalue weighted by atomic mass is 35.5. The molecule has 1 saturated heterocycles. The van der Waals surface area contributed by atoms with Gasteiger partial charge in [-0.15, -0.1) is 0 Å². The highest BCUT2D eigenvalue weighted by Crippen LogP contribution is 2.21. The summed E-state index contributed by atoms with van der Waals surface area (Å²) in [4.78, 5) is 16.1. The number of rotatable bonds is 2. The molecule has 1 N–H and O–H groups in total. The Hall–Kier alpha value is -2.21. The summed E-state index contributed by atoms with van der Waals surface area (Å²) in [6, 6.07) is 8.98. The minimum atomic E-state index is -0.135. The molecule has 0 radical (unpaired) electrons. The number of halogens is 1. The summed E-state index contributed by atoms with van der Waals surface area (Å²) in [5, 5.41) is 7.38. The number of hydrogen-bond donors (Lipinski definition) is 1. The van der Waals surface area contributed by atoms with Gasteiger partial charge in [0, 0.05) is 32.2 Å². The van der Waals surface area contributed by atoms with Crippen LogP contribution in [0.2, 0.25) is 5.02 Å². The second-order valence-corrected chi connectivity index (χ2v) is 5.59. The predicted octanol–water partition coefficient (Wildman–Crippen LogP) is 2.99. The van der Waals surface area contributed by atoms with Crippen molar-refractivity contribution in [1.82, 2.24) is 10.1 Å². The fraction of sp³-hybridized carbons (Fsp3) is 0.333. The molecule has 0 unspecified atom stereocenters. The van der Waals surface area contributed by atoms with Crippen LogP contribution >= 0.6 is 11.6 Å². The number of urea groups is 1. The average molecular weight is 321 g/mol. The summed E-state index contributed by atoms with van der Waals surface area (Å²) < 4.78 is 5.08. The topological polar surface area (TPSA) is 61.6 Å². The number of para-hydroxylation sites is 1. The van der Waals surface area contributed by atoms with Crippen LogP contribution in [-0.4, -0.2) is 42.3 Å². The van der Waals surface area contributed by atoms with Crippen molar-refractivity contribution in [2.75, 3.05) is 36.4 Å². The van der Waals surface area contributed by atoms with E-state index in [0.29, 0.717) is 23.8 Å². The third-order valence-electron chi connectivity index (χ3n) is 3.62. The van der Waals surface area contributed by atoms with Crippen LogP contribution in [0.4, 0.5) is 16.3 Å². The minimum Gasteiger partial charge on any atom is -0.360 e. The van der Waals surface area contributed by atoms with Gasteiger partial charge in [-0.05, 0) is 19.1 Å². The molecule has 1 aromatic carbocycles. The van der Waals surface area contributed by atoms with Crippen molar-refractivity contribution in [2.45, 2.75) is 6.92 Å². The molecule has 1 aliphatic heterocycles. The van der Waals surface area contributed by atoms with Gasteiger partial charge >= 0.3 is 6.03 Å². The summed E-state index contributed by atoms with van der Waals surface area (Å²) >= 11 is 6.05. The summed E-state index contributed by atoms with van der Waals surface area (Å²) in [7, 11) is 0. The van der Waals surface area contributed by atoms with Crippen LogP contribution in [0.3, 0.4) is 0 Å². The molecule has 7 heteroatoms. The smallest absolute Gasteiger partial charge is 0.322 e. The van der Waals surface area contributed by atoms with Crippen LogP contribution in [0.5, 0.6) is 0 Å². The van der Waals surface area contributed by atoms with E-state index in [1.54, 1.807) is 17.0 Å². The number of anilines is 2. The maximum Gasteiger partial charge on any atom is 0.322 e. The molecule has 22 heavy (non-hydrogen) atoms. The number of nitrogens with one attached hydrogen (secondary N) is 1. The first-order valence-electron chi connectivity index (χ1n) is 7.12. The maximum atomic E-state index is 12.3. The second kappa shape index (κ2) is 6.27. The van der Waals surface area contributed by atoms with Crippen molar-refractivity contribution >= 4 is 29.1 Å². The van der Waals surface area contributed by atoms with E-state index in [1.165, 1.54) is 0 Å². The Morgan fingerprint density at radius 2 is 2.00 bits per heavy atom. The molecular formula is C15H17ClN4O2. The summed E-state index contributed by atoms with van der Waals surface area (Å²) in [6.07, 6.45) is 0. The normalized spacial score (nSPS) is 15.0. The van der Waals surface area contributed by atoms with Crippen LogP contribution in [0.1, 0.15) is 5.76 Å². The lowest BCUT2D eigenvalue weighted by Gasteiger charge is -2.34. The first-order valence-corrected chi connectivity index (χ1v) is 7.50. The number of aromatic nitrogens is 1. The monoisotopic (exact) mass is 320 g/mol. The van der Waals surface area contributed by atoms with Crippen LogP contribution in [-0.2, 0) is 0 Å². The van der Waals surface area contributed by atoms with Gasteiger partial charge in [-0.2, -0.15) is 0 Å². The van der Waals surface area contributed by atoms with Gasteiger partial charge in [-0.25, -0.2) is 4.79 Å². The lowest BCUT2D eigenvalue weighted by molar-refractivity contribution is 0.208. The van der Waals surface area contributed by atoms with Crippen molar-refractivity contribution in [1.29, 1.82) is 0 Å². The van der Waals surface area contributed by atoms with Crippen LogP contribution in [0, 0.1) is 6.92 Å². The number of hydrogen-bond acceptors (Lipinski definition) is 4. The second-order valence-electron chi connectivity index (χ2n) is 5.18. The molecule has 1 fully saturated rings. The quantitative estimate of drug-likeness (QED) is 0.924. The Bertz CT molecular complexity index is 665. The first-order chi connectivity index (χ1) is 10.6. The van der Waals surface area contributed by atoms with Crippen LogP contribution in [0.15, 0.2) is 34.9 Å². The lowest BCUT2D eigenvalue weighted by Crippen LogP contribution is -2.50. The van der Waals surface area contributed by atoms with Gasteiger partial charge < -0.3 is 19.6 Å². The molecule has 0 atom stereocenters.